The van der Waals surface area contributed by atoms with Crippen molar-refractivity contribution in [2.24, 2.45) is 0 Å². The van der Waals surface area contributed by atoms with Crippen LogP contribution >= 0.6 is 39.0 Å². The fourth-order valence-corrected chi connectivity index (χ4v) is 6.96. The van der Waals surface area contributed by atoms with Crippen molar-refractivity contribution in [2.75, 3.05) is 26.7 Å². The van der Waals surface area contributed by atoms with Gasteiger partial charge in [0.1, 0.15) is 11.1 Å². The summed E-state index contributed by atoms with van der Waals surface area (Å²) in [5, 5.41) is 0.100. The van der Waals surface area contributed by atoms with Crippen LogP contribution in [0, 0.1) is 0 Å². The van der Waals surface area contributed by atoms with Gasteiger partial charge in [0.15, 0.2) is 0 Å². The molecular weight excluding hydrogens is 456 g/mol. The lowest BCUT2D eigenvalue weighted by Crippen LogP contribution is -2.39. The van der Waals surface area contributed by atoms with Crippen molar-refractivity contribution in [3.63, 3.8) is 0 Å². The first-order chi connectivity index (χ1) is 13.6. The fraction of sp³-hybridized carbons (Fsp3) is 0.476. The largest absolute Gasteiger partial charge is 0.497 e. The quantitative estimate of drug-likeness (QED) is 0.559. The Kier molecular flexibility index (Phi) is 6.35. The average molecular weight is 481 g/mol. The number of rotatable bonds is 6. The number of hydrogen-bond donors (Lipinski definition) is 0. The van der Waals surface area contributed by atoms with E-state index in [0.29, 0.717) is 0 Å². The topological polar surface area (TPSA) is 32.8 Å². The van der Waals surface area contributed by atoms with Crippen LogP contribution < -0.4 is 4.74 Å². The number of amides is 1. The maximum Gasteiger partial charge on any atom is 0.236 e. The molecule has 0 N–H and O–H groups in total. The van der Waals surface area contributed by atoms with E-state index in [2.05, 4.69) is 50.0 Å². The zero-order valence-electron chi connectivity index (χ0n) is 16.1. The molecule has 0 bridgehead atoms. The molecule has 0 unspecified atom stereocenters. The first-order valence-corrected chi connectivity index (χ1v) is 12.2. The van der Waals surface area contributed by atoms with Gasteiger partial charge in [-0.1, -0.05) is 12.1 Å². The second-order valence-electron chi connectivity index (χ2n) is 7.30. The molecule has 2 aliphatic rings. The predicted molar refractivity (Wildman–Crippen MR) is 120 cm³/mol. The highest BCUT2D eigenvalue weighted by Crippen LogP contribution is 2.47. The van der Waals surface area contributed by atoms with Crippen molar-refractivity contribution < 1.29 is 9.53 Å². The molecule has 0 radical (unpaired) electrons. The second kappa shape index (κ2) is 8.78. The summed E-state index contributed by atoms with van der Waals surface area (Å²) >= 11 is 7.06. The van der Waals surface area contributed by atoms with E-state index in [-0.39, 0.29) is 22.6 Å². The molecule has 0 saturated carbocycles. The zero-order valence-corrected chi connectivity index (χ0v) is 19.4. The lowest BCUT2D eigenvalue weighted by atomic mass is 10.0. The first kappa shape index (κ1) is 20.3. The van der Waals surface area contributed by atoms with E-state index in [1.165, 1.54) is 23.3 Å². The predicted octanol–water partition coefficient (Wildman–Crippen LogP) is 5.32. The molecule has 7 heteroatoms. The number of likely N-dealkylation sites (tertiary alicyclic amines) is 1. The molecule has 150 valence electrons. The van der Waals surface area contributed by atoms with Gasteiger partial charge in [-0.25, -0.2) is 0 Å². The standard InChI is InChI=1S/C21H25BrN2O2S2/c1-14-20(25)24(21(27-14)18-9-10-19(22)28-18)13-17(23-11-3-4-12-23)15-5-7-16(26-2)8-6-15/h5-10,14,17,21H,3-4,11-13H2,1-2H3/t14-,17+,21+/m1/s1. The summed E-state index contributed by atoms with van der Waals surface area (Å²) in [4.78, 5) is 18.9. The minimum absolute atomic E-state index is 0.000899. The third-order valence-corrected chi connectivity index (χ3v) is 8.74. The molecule has 0 spiro atoms. The van der Waals surface area contributed by atoms with Gasteiger partial charge in [-0.2, -0.15) is 0 Å². The molecule has 4 rings (SSSR count). The van der Waals surface area contributed by atoms with Crippen LogP contribution in [-0.4, -0.2) is 47.7 Å². The molecule has 2 aliphatic heterocycles. The van der Waals surface area contributed by atoms with E-state index in [1.807, 2.05) is 19.1 Å². The summed E-state index contributed by atoms with van der Waals surface area (Å²) in [5.41, 5.74) is 1.26. The van der Waals surface area contributed by atoms with Crippen LogP contribution in [0.3, 0.4) is 0 Å². The number of thiophene rings is 1. The molecule has 1 aromatic heterocycles. The van der Waals surface area contributed by atoms with E-state index in [1.54, 1.807) is 30.2 Å². The molecule has 1 amide bonds. The molecule has 3 heterocycles. The van der Waals surface area contributed by atoms with Gasteiger partial charge >= 0.3 is 0 Å². The highest BCUT2D eigenvalue weighted by Gasteiger charge is 2.41. The molecular formula is C21H25BrN2O2S2. The number of carbonyl (C=O) groups is 1. The first-order valence-electron chi connectivity index (χ1n) is 9.66. The maximum absolute atomic E-state index is 13.0. The fourth-order valence-electron chi connectivity index (χ4n) is 4.04. The smallest absolute Gasteiger partial charge is 0.236 e. The van der Waals surface area contributed by atoms with E-state index in [9.17, 15) is 4.79 Å². The summed E-state index contributed by atoms with van der Waals surface area (Å²) in [6.45, 7) is 4.94. The number of methoxy groups -OCH3 is 1. The highest BCUT2D eigenvalue weighted by atomic mass is 79.9. The Balaban J connectivity index is 1.62. The normalized spacial score (nSPS) is 24.1. The van der Waals surface area contributed by atoms with Gasteiger partial charge in [0, 0.05) is 11.4 Å². The molecule has 28 heavy (non-hydrogen) atoms. The number of hydrogen-bond acceptors (Lipinski definition) is 5. The summed E-state index contributed by atoms with van der Waals surface area (Å²) in [5.74, 6) is 1.11. The summed E-state index contributed by atoms with van der Waals surface area (Å²) in [7, 11) is 1.69. The summed E-state index contributed by atoms with van der Waals surface area (Å²) < 4.78 is 6.44. The van der Waals surface area contributed by atoms with Gasteiger partial charge in [-0.05, 0) is 78.6 Å². The molecule has 4 nitrogen and oxygen atoms in total. The van der Waals surface area contributed by atoms with Gasteiger partial charge < -0.3 is 9.64 Å². The number of thioether (sulfide) groups is 1. The van der Waals surface area contributed by atoms with Crippen LogP contribution in [0.1, 0.15) is 41.6 Å². The Labute approximate surface area is 183 Å². The Hall–Kier alpha value is -1.02. The number of benzene rings is 1. The van der Waals surface area contributed by atoms with E-state index in [0.717, 1.165) is 29.2 Å². The summed E-state index contributed by atoms with van der Waals surface area (Å²) in [6, 6.07) is 12.8. The number of ether oxygens (including phenoxy) is 1. The van der Waals surface area contributed by atoms with Crippen molar-refractivity contribution >= 4 is 44.9 Å². The molecule has 3 atom stereocenters. The lowest BCUT2D eigenvalue weighted by Gasteiger charge is -2.34. The van der Waals surface area contributed by atoms with E-state index >= 15 is 0 Å². The third kappa shape index (κ3) is 4.13. The van der Waals surface area contributed by atoms with E-state index in [4.69, 9.17) is 4.74 Å². The van der Waals surface area contributed by atoms with Crippen molar-refractivity contribution in [2.45, 2.75) is 36.4 Å². The van der Waals surface area contributed by atoms with Gasteiger partial charge in [-0.15, -0.1) is 23.1 Å². The maximum atomic E-state index is 13.0. The monoisotopic (exact) mass is 480 g/mol. The van der Waals surface area contributed by atoms with Gasteiger partial charge in [-0.3, -0.25) is 9.69 Å². The Morgan fingerprint density at radius 2 is 1.89 bits per heavy atom. The van der Waals surface area contributed by atoms with Crippen LogP contribution in [0.15, 0.2) is 40.2 Å². The Bertz CT molecular complexity index is 820. The van der Waals surface area contributed by atoms with Crippen LogP contribution in [0.2, 0.25) is 0 Å². The van der Waals surface area contributed by atoms with Gasteiger partial charge in [0.25, 0.3) is 0 Å². The Morgan fingerprint density at radius 3 is 2.50 bits per heavy atom. The Morgan fingerprint density at radius 1 is 1.18 bits per heavy atom. The minimum atomic E-state index is 0.000899. The van der Waals surface area contributed by atoms with Gasteiger partial charge in [0.2, 0.25) is 5.91 Å². The van der Waals surface area contributed by atoms with Crippen LogP contribution in [0.4, 0.5) is 0 Å². The average Bonchev–Trinajstić information content (AvgIpc) is 3.43. The number of halogens is 1. The molecule has 2 fully saturated rings. The van der Waals surface area contributed by atoms with Crippen LogP contribution in [0.25, 0.3) is 0 Å². The SMILES string of the molecule is COc1ccc([C@H](CN2C(=O)[C@@H](C)S[C@H]2c2ccc(Br)s2)N2CCCC2)cc1. The number of carbonyl (C=O) groups excluding carboxylic acids is 1. The summed E-state index contributed by atoms with van der Waals surface area (Å²) in [6.07, 6.45) is 2.46. The molecule has 1 aromatic carbocycles. The van der Waals surface area contributed by atoms with Gasteiger partial charge in [0.05, 0.1) is 22.2 Å². The van der Waals surface area contributed by atoms with E-state index < -0.39 is 0 Å². The molecule has 0 aliphatic carbocycles. The van der Waals surface area contributed by atoms with Crippen molar-refractivity contribution in [3.05, 3.63) is 50.6 Å². The van der Waals surface area contributed by atoms with Crippen molar-refractivity contribution in [1.29, 1.82) is 0 Å². The third-order valence-electron chi connectivity index (χ3n) is 5.54. The van der Waals surface area contributed by atoms with Crippen molar-refractivity contribution in [3.8, 4) is 5.75 Å². The lowest BCUT2D eigenvalue weighted by molar-refractivity contribution is -0.130. The molecule has 2 aromatic rings. The molecule has 2 saturated heterocycles. The minimum Gasteiger partial charge on any atom is -0.497 e. The van der Waals surface area contributed by atoms with Crippen LogP contribution in [0.5, 0.6) is 5.75 Å². The zero-order chi connectivity index (χ0) is 19.7. The second-order valence-corrected chi connectivity index (χ2v) is 11.2. The highest BCUT2D eigenvalue weighted by molar-refractivity contribution is 9.11. The van der Waals surface area contributed by atoms with Crippen molar-refractivity contribution in [1.82, 2.24) is 9.80 Å². The van der Waals surface area contributed by atoms with Crippen LogP contribution in [-0.2, 0) is 4.79 Å². The number of nitrogens with zero attached hydrogens (tertiary/aromatic N) is 2.